The van der Waals surface area contributed by atoms with Gasteiger partial charge in [-0.15, -0.1) is 0 Å². The average Bonchev–Trinajstić information content (AvgIpc) is 2.69. The van der Waals surface area contributed by atoms with Gasteiger partial charge >= 0.3 is 0 Å². The Kier molecular flexibility index (Phi) is 7.68. The minimum Gasteiger partial charge on any atom is -0.497 e. The van der Waals surface area contributed by atoms with E-state index in [-0.39, 0.29) is 12.3 Å². The minimum absolute atomic E-state index is 0.0402. The number of methoxy groups -OCH3 is 1. The number of carbonyl (C=O) groups excluding carboxylic acids is 2. The van der Waals surface area contributed by atoms with Crippen LogP contribution in [0, 0.1) is 0 Å². The van der Waals surface area contributed by atoms with Crippen LogP contribution in [-0.2, 0) is 4.79 Å². The van der Waals surface area contributed by atoms with Crippen molar-refractivity contribution in [2.45, 2.75) is 26.3 Å². The largest absolute Gasteiger partial charge is 0.497 e. The van der Waals surface area contributed by atoms with E-state index in [2.05, 4.69) is 5.32 Å². The van der Waals surface area contributed by atoms with Gasteiger partial charge in [-0.1, -0.05) is 6.07 Å². The Morgan fingerprint density at radius 2 is 1.64 bits per heavy atom. The number of carbonyl (C=O) groups is 2. The van der Waals surface area contributed by atoms with E-state index >= 15 is 0 Å². The van der Waals surface area contributed by atoms with E-state index in [1.54, 1.807) is 49.6 Å². The molecule has 0 radical (unpaired) electrons. The minimum atomic E-state index is -0.595. The fraction of sp³-hybridized carbons (Fsp3) is 0.333. The zero-order valence-corrected chi connectivity index (χ0v) is 16.4. The van der Waals surface area contributed by atoms with Gasteiger partial charge in [-0.2, -0.15) is 0 Å². The number of benzene rings is 2. The summed E-state index contributed by atoms with van der Waals surface area (Å²) in [7, 11) is 1.56. The summed E-state index contributed by atoms with van der Waals surface area (Å²) in [4.78, 5) is 24.2. The van der Waals surface area contributed by atoms with Crippen molar-refractivity contribution in [2.24, 2.45) is 5.73 Å². The molecule has 7 heteroatoms. The first kappa shape index (κ1) is 21.1. The zero-order chi connectivity index (χ0) is 20.5. The Morgan fingerprint density at radius 1 is 1.00 bits per heavy atom. The van der Waals surface area contributed by atoms with Crippen molar-refractivity contribution in [1.29, 1.82) is 0 Å². The SMILES string of the molecule is CCOc1ccc(C(CC(N)=O)NC(=O)c2ccc(OC)cc2)cc1OCC. The molecule has 2 rings (SSSR count). The summed E-state index contributed by atoms with van der Waals surface area (Å²) in [5.41, 5.74) is 6.55. The second-order valence-electron chi connectivity index (χ2n) is 6.00. The normalized spacial score (nSPS) is 11.4. The summed E-state index contributed by atoms with van der Waals surface area (Å²) < 4.78 is 16.3. The summed E-state index contributed by atoms with van der Waals surface area (Å²) in [5.74, 6) is 0.966. The molecule has 0 aliphatic heterocycles. The Hall–Kier alpha value is -3.22. The third-order valence-corrected chi connectivity index (χ3v) is 4.03. The predicted octanol–water partition coefficient (Wildman–Crippen LogP) is 2.84. The van der Waals surface area contributed by atoms with Crippen LogP contribution in [0.2, 0.25) is 0 Å². The number of nitrogens with two attached hydrogens (primary N) is 1. The maximum absolute atomic E-state index is 12.6. The van der Waals surface area contributed by atoms with Gasteiger partial charge in [0.1, 0.15) is 5.75 Å². The van der Waals surface area contributed by atoms with E-state index in [0.29, 0.717) is 41.6 Å². The predicted molar refractivity (Wildman–Crippen MR) is 106 cm³/mol. The lowest BCUT2D eigenvalue weighted by molar-refractivity contribution is -0.118. The number of nitrogens with one attached hydrogen (secondary N) is 1. The smallest absolute Gasteiger partial charge is 0.251 e. The second-order valence-corrected chi connectivity index (χ2v) is 6.00. The highest BCUT2D eigenvalue weighted by molar-refractivity contribution is 5.95. The van der Waals surface area contributed by atoms with Gasteiger partial charge in [0.2, 0.25) is 5.91 Å². The van der Waals surface area contributed by atoms with Crippen LogP contribution in [0.15, 0.2) is 42.5 Å². The van der Waals surface area contributed by atoms with Crippen molar-refractivity contribution in [3.05, 3.63) is 53.6 Å². The molecule has 0 fully saturated rings. The number of amides is 2. The molecule has 3 N–H and O–H groups in total. The molecule has 0 aliphatic carbocycles. The van der Waals surface area contributed by atoms with Crippen LogP contribution in [0.25, 0.3) is 0 Å². The van der Waals surface area contributed by atoms with Crippen molar-refractivity contribution >= 4 is 11.8 Å². The Balaban J connectivity index is 2.27. The highest BCUT2D eigenvalue weighted by atomic mass is 16.5. The highest BCUT2D eigenvalue weighted by Crippen LogP contribution is 2.31. The van der Waals surface area contributed by atoms with E-state index in [4.69, 9.17) is 19.9 Å². The fourth-order valence-corrected chi connectivity index (χ4v) is 2.72. The fourth-order valence-electron chi connectivity index (χ4n) is 2.72. The number of hydrogen-bond acceptors (Lipinski definition) is 5. The third-order valence-electron chi connectivity index (χ3n) is 4.03. The van der Waals surface area contributed by atoms with Crippen LogP contribution in [0.5, 0.6) is 17.2 Å². The van der Waals surface area contributed by atoms with Crippen molar-refractivity contribution in [2.75, 3.05) is 20.3 Å². The van der Waals surface area contributed by atoms with Gasteiger partial charge in [0.25, 0.3) is 5.91 Å². The molecule has 150 valence electrons. The topological polar surface area (TPSA) is 99.9 Å². The maximum atomic E-state index is 12.6. The van der Waals surface area contributed by atoms with Crippen molar-refractivity contribution in [1.82, 2.24) is 5.32 Å². The van der Waals surface area contributed by atoms with Gasteiger partial charge in [0.05, 0.1) is 32.8 Å². The van der Waals surface area contributed by atoms with Crippen molar-refractivity contribution < 1.29 is 23.8 Å². The second kappa shape index (κ2) is 10.2. The van der Waals surface area contributed by atoms with E-state index < -0.39 is 11.9 Å². The molecule has 0 saturated heterocycles. The molecule has 2 amide bonds. The molecule has 0 aromatic heterocycles. The molecule has 1 atom stereocenters. The molecule has 2 aromatic rings. The number of ether oxygens (including phenoxy) is 3. The van der Waals surface area contributed by atoms with Gasteiger partial charge in [0.15, 0.2) is 11.5 Å². The summed E-state index contributed by atoms with van der Waals surface area (Å²) in [6.07, 6.45) is -0.0402. The van der Waals surface area contributed by atoms with Gasteiger partial charge < -0.3 is 25.3 Å². The first-order valence-electron chi connectivity index (χ1n) is 9.11. The summed E-state index contributed by atoms with van der Waals surface area (Å²) >= 11 is 0. The van der Waals surface area contributed by atoms with Crippen molar-refractivity contribution in [3.63, 3.8) is 0 Å². The molecule has 0 heterocycles. The van der Waals surface area contributed by atoms with E-state index in [9.17, 15) is 9.59 Å². The Bertz CT molecular complexity index is 805. The molecule has 0 aliphatic rings. The first-order chi connectivity index (χ1) is 13.5. The zero-order valence-electron chi connectivity index (χ0n) is 16.4. The summed E-state index contributed by atoms with van der Waals surface area (Å²) in [6, 6.07) is 11.4. The molecule has 1 unspecified atom stereocenters. The maximum Gasteiger partial charge on any atom is 0.251 e. The average molecular weight is 386 g/mol. The first-order valence-corrected chi connectivity index (χ1v) is 9.11. The van der Waals surface area contributed by atoms with Crippen molar-refractivity contribution in [3.8, 4) is 17.2 Å². The van der Waals surface area contributed by atoms with Gasteiger partial charge in [-0.05, 0) is 55.8 Å². The number of hydrogen-bond donors (Lipinski definition) is 2. The van der Waals surface area contributed by atoms with E-state index in [1.165, 1.54) is 0 Å². The van der Waals surface area contributed by atoms with Crippen LogP contribution in [0.3, 0.4) is 0 Å². The standard InChI is InChI=1S/C21H26N2O5/c1-4-27-18-11-8-15(12-19(18)28-5-2)17(13-20(22)24)23-21(25)14-6-9-16(26-3)10-7-14/h6-12,17H,4-5,13H2,1-3H3,(H2,22,24)(H,23,25). The monoisotopic (exact) mass is 386 g/mol. The van der Waals surface area contributed by atoms with Crippen LogP contribution >= 0.6 is 0 Å². The van der Waals surface area contributed by atoms with E-state index in [1.807, 2.05) is 13.8 Å². The van der Waals surface area contributed by atoms with Crippen LogP contribution in [0.4, 0.5) is 0 Å². The van der Waals surface area contributed by atoms with Gasteiger partial charge in [-0.3, -0.25) is 9.59 Å². The highest BCUT2D eigenvalue weighted by Gasteiger charge is 2.20. The quantitative estimate of drug-likeness (QED) is 0.654. The Labute approximate surface area is 164 Å². The molecule has 0 saturated carbocycles. The molecular weight excluding hydrogens is 360 g/mol. The lowest BCUT2D eigenvalue weighted by Gasteiger charge is -2.20. The molecule has 28 heavy (non-hydrogen) atoms. The van der Waals surface area contributed by atoms with Gasteiger partial charge in [0, 0.05) is 5.56 Å². The van der Waals surface area contributed by atoms with E-state index in [0.717, 1.165) is 0 Å². The molecule has 7 nitrogen and oxygen atoms in total. The lowest BCUT2D eigenvalue weighted by Crippen LogP contribution is -2.31. The van der Waals surface area contributed by atoms with Crippen LogP contribution in [0.1, 0.15) is 42.2 Å². The Morgan fingerprint density at radius 3 is 2.21 bits per heavy atom. The summed E-state index contributed by atoms with van der Waals surface area (Å²) in [5, 5.41) is 2.86. The number of primary amides is 1. The number of rotatable bonds is 10. The molecule has 0 spiro atoms. The molecular formula is C21H26N2O5. The lowest BCUT2D eigenvalue weighted by atomic mass is 10.0. The van der Waals surface area contributed by atoms with Crippen LogP contribution in [-0.4, -0.2) is 32.1 Å². The third kappa shape index (κ3) is 5.64. The van der Waals surface area contributed by atoms with Gasteiger partial charge in [-0.25, -0.2) is 0 Å². The van der Waals surface area contributed by atoms with Crippen LogP contribution < -0.4 is 25.3 Å². The molecule has 2 aromatic carbocycles. The summed E-state index contributed by atoms with van der Waals surface area (Å²) in [6.45, 7) is 4.71. The molecule has 0 bridgehead atoms.